The number of thiol groups is 1. The predicted molar refractivity (Wildman–Crippen MR) is 52.1 cm³/mol. The van der Waals surface area contributed by atoms with E-state index >= 15 is 0 Å². The van der Waals surface area contributed by atoms with E-state index in [0.29, 0.717) is 24.4 Å². The number of nitro groups is 1. The summed E-state index contributed by atoms with van der Waals surface area (Å²) < 4.78 is 1.53. The van der Waals surface area contributed by atoms with Crippen LogP contribution in [0.5, 0.6) is 0 Å². The molecule has 72 valence electrons. The van der Waals surface area contributed by atoms with Crippen molar-refractivity contribution in [2.24, 2.45) is 0 Å². The average molecular weight is 201 g/mol. The van der Waals surface area contributed by atoms with Crippen molar-refractivity contribution in [1.82, 2.24) is 9.55 Å². The first kappa shape index (κ1) is 10.0. The van der Waals surface area contributed by atoms with Crippen molar-refractivity contribution in [3.8, 4) is 0 Å². The van der Waals surface area contributed by atoms with Crippen molar-refractivity contribution in [3.05, 3.63) is 22.1 Å². The molecule has 1 heterocycles. The smallest absolute Gasteiger partial charge is 0.345 e. The molecule has 0 unspecified atom stereocenters. The summed E-state index contributed by atoms with van der Waals surface area (Å²) in [4.78, 5) is 14.2. The van der Waals surface area contributed by atoms with Gasteiger partial charge < -0.3 is 10.1 Å². The second-order valence-electron chi connectivity index (χ2n) is 2.53. The molecule has 1 aromatic rings. The summed E-state index contributed by atoms with van der Waals surface area (Å²) in [6.07, 6.45) is 2.03. The predicted octanol–water partition coefficient (Wildman–Crippen LogP) is 1.28. The molecular formula is C7H11N3O2S. The lowest BCUT2D eigenvalue weighted by Gasteiger charge is -1.98. The van der Waals surface area contributed by atoms with E-state index in [0.717, 1.165) is 0 Å². The molecule has 1 aromatic heterocycles. The maximum Gasteiger partial charge on any atom is 0.345 e. The lowest BCUT2D eigenvalue weighted by molar-refractivity contribution is -0.392. The number of aryl methyl sites for hydroxylation is 2. The molecule has 0 aromatic carbocycles. The SMILES string of the molecule is CCn1cnc(CCS)c1[N+](=O)[O-]. The second-order valence-corrected chi connectivity index (χ2v) is 2.98. The highest BCUT2D eigenvalue weighted by molar-refractivity contribution is 7.80. The molecule has 0 spiro atoms. The Morgan fingerprint density at radius 2 is 2.46 bits per heavy atom. The third-order valence-corrected chi connectivity index (χ3v) is 1.97. The van der Waals surface area contributed by atoms with E-state index in [-0.39, 0.29) is 5.82 Å². The molecule has 0 bridgehead atoms. The normalized spacial score (nSPS) is 10.3. The van der Waals surface area contributed by atoms with Gasteiger partial charge >= 0.3 is 5.82 Å². The molecule has 0 amide bonds. The molecule has 0 aliphatic rings. The number of imidazole rings is 1. The summed E-state index contributed by atoms with van der Waals surface area (Å²) in [6.45, 7) is 2.41. The molecule has 0 fully saturated rings. The summed E-state index contributed by atoms with van der Waals surface area (Å²) in [5.74, 6) is 0.665. The Bertz CT molecular complexity index is 311. The van der Waals surface area contributed by atoms with Gasteiger partial charge in [0, 0.05) is 6.42 Å². The second kappa shape index (κ2) is 4.27. The fourth-order valence-corrected chi connectivity index (χ4v) is 1.35. The van der Waals surface area contributed by atoms with Gasteiger partial charge in [-0.15, -0.1) is 0 Å². The van der Waals surface area contributed by atoms with Crippen LogP contribution in [0.25, 0.3) is 0 Å². The molecule has 0 atom stereocenters. The summed E-state index contributed by atoms with van der Waals surface area (Å²) in [5, 5.41) is 10.7. The van der Waals surface area contributed by atoms with Crippen molar-refractivity contribution in [2.75, 3.05) is 5.75 Å². The van der Waals surface area contributed by atoms with Gasteiger partial charge in [0.05, 0.1) is 6.54 Å². The Labute approximate surface area is 81.3 Å². The Kier molecular flexibility index (Phi) is 3.30. The van der Waals surface area contributed by atoms with Gasteiger partial charge in [-0.3, -0.25) is 0 Å². The fraction of sp³-hybridized carbons (Fsp3) is 0.571. The van der Waals surface area contributed by atoms with Crippen LogP contribution in [0.15, 0.2) is 6.33 Å². The number of hydrogen-bond donors (Lipinski definition) is 1. The van der Waals surface area contributed by atoms with Gasteiger partial charge in [-0.2, -0.15) is 12.6 Å². The van der Waals surface area contributed by atoms with E-state index in [4.69, 9.17) is 0 Å². The van der Waals surface area contributed by atoms with E-state index in [2.05, 4.69) is 17.6 Å². The highest BCUT2D eigenvalue weighted by atomic mass is 32.1. The van der Waals surface area contributed by atoms with Crippen LogP contribution in [0.1, 0.15) is 12.6 Å². The highest BCUT2D eigenvalue weighted by Crippen LogP contribution is 2.17. The minimum Gasteiger partial charge on any atom is -0.358 e. The van der Waals surface area contributed by atoms with E-state index < -0.39 is 4.92 Å². The van der Waals surface area contributed by atoms with Crippen molar-refractivity contribution in [3.63, 3.8) is 0 Å². The van der Waals surface area contributed by atoms with Crippen LogP contribution in [0.2, 0.25) is 0 Å². The molecule has 5 nitrogen and oxygen atoms in total. The van der Waals surface area contributed by atoms with Crippen molar-refractivity contribution >= 4 is 18.4 Å². The van der Waals surface area contributed by atoms with Gasteiger partial charge in [-0.05, 0) is 17.6 Å². The molecule has 0 radical (unpaired) electrons. The van der Waals surface area contributed by atoms with Crippen molar-refractivity contribution < 1.29 is 4.92 Å². The summed E-state index contributed by atoms with van der Waals surface area (Å²) in [7, 11) is 0. The fourth-order valence-electron chi connectivity index (χ4n) is 1.14. The molecule has 0 aliphatic carbocycles. The Morgan fingerprint density at radius 1 is 1.77 bits per heavy atom. The largest absolute Gasteiger partial charge is 0.358 e. The maximum absolute atomic E-state index is 10.7. The van der Waals surface area contributed by atoms with Crippen molar-refractivity contribution in [2.45, 2.75) is 19.9 Å². The van der Waals surface area contributed by atoms with Gasteiger partial charge in [0.15, 0.2) is 6.33 Å². The number of nitrogens with zero attached hydrogens (tertiary/aromatic N) is 3. The molecule has 0 saturated heterocycles. The molecular weight excluding hydrogens is 190 g/mol. The van der Waals surface area contributed by atoms with Crippen LogP contribution >= 0.6 is 12.6 Å². The monoisotopic (exact) mass is 201 g/mol. The lowest BCUT2D eigenvalue weighted by atomic mass is 10.3. The summed E-state index contributed by atoms with van der Waals surface area (Å²) in [6, 6.07) is 0. The molecule has 0 saturated carbocycles. The van der Waals surface area contributed by atoms with Crippen LogP contribution in [0.4, 0.5) is 5.82 Å². The van der Waals surface area contributed by atoms with Gasteiger partial charge in [-0.1, -0.05) is 0 Å². The van der Waals surface area contributed by atoms with E-state index in [1.807, 2.05) is 6.92 Å². The van der Waals surface area contributed by atoms with Crippen molar-refractivity contribution in [1.29, 1.82) is 0 Å². The zero-order valence-corrected chi connectivity index (χ0v) is 8.20. The number of rotatable bonds is 4. The topological polar surface area (TPSA) is 61.0 Å². The Morgan fingerprint density at radius 3 is 2.92 bits per heavy atom. The number of aromatic nitrogens is 2. The molecule has 0 aliphatic heterocycles. The van der Waals surface area contributed by atoms with Crippen LogP contribution in [-0.2, 0) is 13.0 Å². The minimum atomic E-state index is -0.394. The van der Waals surface area contributed by atoms with Gasteiger partial charge in [0.1, 0.15) is 5.69 Å². The molecule has 0 N–H and O–H groups in total. The summed E-state index contributed by atoms with van der Waals surface area (Å²) >= 11 is 4.01. The van der Waals surface area contributed by atoms with Crippen LogP contribution in [0, 0.1) is 10.1 Å². The molecule has 13 heavy (non-hydrogen) atoms. The summed E-state index contributed by atoms with van der Waals surface area (Å²) in [5.41, 5.74) is 0.516. The van der Waals surface area contributed by atoms with Gasteiger partial charge in [0.25, 0.3) is 0 Å². The molecule has 6 heteroatoms. The average Bonchev–Trinajstić information content (AvgIpc) is 2.48. The first-order valence-corrected chi connectivity index (χ1v) is 4.63. The first-order valence-electron chi connectivity index (χ1n) is 4.00. The van der Waals surface area contributed by atoms with Gasteiger partial charge in [0.2, 0.25) is 0 Å². The van der Waals surface area contributed by atoms with Crippen LogP contribution in [0.3, 0.4) is 0 Å². The zero-order chi connectivity index (χ0) is 9.84. The number of hydrogen-bond acceptors (Lipinski definition) is 4. The third-order valence-electron chi connectivity index (χ3n) is 1.75. The minimum absolute atomic E-state index is 0.0940. The first-order chi connectivity index (χ1) is 6.20. The zero-order valence-electron chi connectivity index (χ0n) is 7.30. The Balaban J connectivity index is 3.06. The van der Waals surface area contributed by atoms with Crippen LogP contribution in [-0.4, -0.2) is 20.2 Å². The van der Waals surface area contributed by atoms with E-state index in [1.54, 1.807) is 0 Å². The quantitative estimate of drug-likeness (QED) is 0.453. The van der Waals surface area contributed by atoms with Gasteiger partial charge in [-0.25, -0.2) is 9.55 Å². The Hall–Kier alpha value is -1.04. The maximum atomic E-state index is 10.7. The third kappa shape index (κ3) is 2.00. The van der Waals surface area contributed by atoms with E-state index in [1.165, 1.54) is 10.9 Å². The van der Waals surface area contributed by atoms with Crippen LogP contribution < -0.4 is 0 Å². The molecule has 1 rings (SSSR count). The highest BCUT2D eigenvalue weighted by Gasteiger charge is 2.19. The van der Waals surface area contributed by atoms with E-state index in [9.17, 15) is 10.1 Å². The lowest BCUT2D eigenvalue weighted by Crippen LogP contribution is -2.02. The standard InChI is InChI=1S/C7H11N3O2S/c1-2-9-5-8-6(3-4-13)7(9)10(11)12/h5,13H,2-4H2,1H3.